The molecule has 1 aromatic carbocycles. The summed E-state index contributed by atoms with van der Waals surface area (Å²) in [6.45, 7) is 9.97. The van der Waals surface area contributed by atoms with Gasteiger partial charge in [-0.15, -0.1) is 12.4 Å². The summed E-state index contributed by atoms with van der Waals surface area (Å²) in [6, 6.07) is 8.03. The Bertz CT molecular complexity index is 958. The number of likely N-dealkylation sites (N-methyl/N-ethyl adjacent to an activating group) is 2. The summed E-state index contributed by atoms with van der Waals surface area (Å²) in [7, 11) is 3.94. The summed E-state index contributed by atoms with van der Waals surface area (Å²) in [4.78, 5) is 23.5. The number of nitrogens with zero attached hydrogens (tertiary/aromatic N) is 4. The first kappa shape index (κ1) is 26.6. The number of benzene rings is 1. The van der Waals surface area contributed by atoms with Crippen LogP contribution in [0.3, 0.4) is 0 Å². The molecule has 1 saturated heterocycles. The smallest absolute Gasteiger partial charge is 0.246 e. The largest absolute Gasteiger partial charge is 0.493 e. The number of carbonyl (C=O) groups is 1. The molecule has 1 aliphatic rings. The topological polar surface area (TPSA) is 74.9 Å². The molecule has 0 bridgehead atoms. The number of hydrogen-bond donors (Lipinski definition) is 1. The molecule has 8 heteroatoms. The van der Waals surface area contributed by atoms with Crippen molar-refractivity contribution in [1.82, 2.24) is 19.7 Å². The van der Waals surface area contributed by atoms with Gasteiger partial charge in [-0.1, -0.05) is 18.2 Å². The predicted octanol–water partition coefficient (Wildman–Crippen LogP) is 3.21. The highest BCUT2D eigenvalue weighted by molar-refractivity contribution is 5.91. The van der Waals surface area contributed by atoms with Crippen molar-refractivity contribution >= 4 is 30.2 Å². The number of carbonyl (C=O) groups excluding carboxylic acids is 1. The van der Waals surface area contributed by atoms with Gasteiger partial charge in [-0.25, -0.2) is 4.98 Å². The molecule has 0 aliphatic carbocycles. The monoisotopic (exact) mass is 473 g/mol. The average molecular weight is 474 g/mol. The molecule has 1 fully saturated rings. The standard InChI is InChI=1S/C25H35N5O2.ClH/c1-5-32-24-19(2)7-6-8-21(24)17-29(4)23(31)10-9-20-15-22(25(26)27-16-20)18-30-13-11-28(3)12-14-30;/h6-10,15-16H,5,11-14,17-18H2,1-4H3,(H2,26,27);1H. The molecule has 2 N–H and O–H groups in total. The number of pyridine rings is 1. The van der Waals surface area contributed by atoms with Gasteiger partial charge >= 0.3 is 0 Å². The van der Waals surface area contributed by atoms with Crippen molar-refractivity contribution in [3.05, 3.63) is 58.8 Å². The van der Waals surface area contributed by atoms with E-state index >= 15 is 0 Å². The highest BCUT2D eigenvalue weighted by atomic mass is 35.5. The van der Waals surface area contributed by atoms with Crippen LogP contribution in [-0.2, 0) is 17.9 Å². The third-order valence-electron chi connectivity index (χ3n) is 5.80. The molecule has 0 atom stereocenters. The van der Waals surface area contributed by atoms with E-state index < -0.39 is 0 Å². The van der Waals surface area contributed by atoms with Crippen molar-refractivity contribution in [2.24, 2.45) is 0 Å². The summed E-state index contributed by atoms with van der Waals surface area (Å²) >= 11 is 0. The highest BCUT2D eigenvalue weighted by Gasteiger charge is 2.16. The Morgan fingerprint density at radius 3 is 2.67 bits per heavy atom. The van der Waals surface area contributed by atoms with Crippen LogP contribution in [0, 0.1) is 6.92 Å². The van der Waals surface area contributed by atoms with E-state index in [1.807, 2.05) is 38.1 Å². The first-order chi connectivity index (χ1) is 15.4. The summed E-state index contributed by atoms with van der Waals surface area (Å²) in [5.74, 6) is 1.33. The SMILES string of the molecule is CCOc1c(C)cccc1CN(C)C(=O)C=Cc1cnc(N)c(CN2CCN(C)CC2)c1.Cl. The van der Waals surface area contributed by atoms with Gasteiger partial charge in [-0.2, -0.15) is 0 Å². The lowest BCUT2D eigenvalue weighted by Crippen LogP contribution is -2.44. The van der Waals surface area contributed by atoms with Gasteiger partial charge in [0, 0.05) is 69.7 Å². The van der Waals surface area contributed by atoms with Crippen LogP contribution >= 0.6 is 12.4 Å². The number of aromatic nitrogens is 1. The van der Waals surface area contributed by atoms with Crippen molar-refractivity contribution in [3.63, 3.8) is 0 Å². The van der Waals surface area contributed by atoms with Gasteiger partial charge < -0.3 is 20.3 Å². The third-order valence-corrected chi connectivity index (χ3v) is 5.80. The Morgan fingerprint density at radius 1 is 1.24 bits per heavy atom. The number of halogens is 1. The maximum Gasteiger partial charge on any atom is 0.246 e. The van der Waals surface area contributed by atoms with E-state index in [0.29, 0.717) is 19.0 Å². The molecule has 3 rings (SSSR count). The van der Waals surface area contributed by atoms with E-state index in [-0.39, 0.29) is 18.3 Å². The number of piperazine rings is 1. The van der Waals surface area contributed by atoms with Gasteiger partial charge in [0.1, 0.15) is 11.6 Å². The fourth-order valence-corrected chi connectivity index (χ4v) is 3.82. The zero-order valence-electron chi connectivity index (χ0n) is 20.1. The highest BCUT2D eigenvalue weighted by Crippen LogP contribution is 2.24. The zero-order valence-corrected chi connectivity index (χ0v) is 20.9. The van der Waals surface area contributed by atoms with Crippen molar-refractivity contribution in [1.29, 1.82) is 0 Å². The second kappa shape index (κ2) is 12.6. The maximum atomic E-state index is 12.7. The number of rotatable bonds is 8. The molecule has 1 aromatic heterocycles. The van der Waals surface area contributed by atoms with E-state index in [1.165, 1.54) is 0 Å². The molecule has 2 aromatic rings. The molecule has 1 amide bonds. The first-order valence-electron chi connectivity index (χ1n) is 11.2. The second-order valence-corrected chi connectivity index (χ2v) is 8.42. The normalized spacial score (nSPS) is 14.8. The van der Waals surface area contributed by atoms with Gasteiger partial charge in [0.15, 0.2) is 0 Å². The number of nitrogens with two attached hydrogens (primary N) is 1. The molecule has 7 nitrogen and oxygen atoms in total. The summed E-state index contributed by atoms with van der Waals surface area (Å²) in [5, 5.41) is 0. The molecule has 0 saturated carbocycles. The van der Waals surface area contributed by atoms with Gasteiger partial charge in [-0.05, 0) is 44.2 Å². The van der Waals surface area contributed by atoms with Crippen LogP contribution in [0.5, 0.6) is 5.75 Å². The molecule has 0 unspecified atom stereocenters. The second-order valence-electron chi connectivity index (χ2n) is 8.42. The minimum atomic E-state index is -0.0774. The number of aryl methyl sites for hydroxylation is 1. The Kier molecular flexibility index (Phi) is 10.2. The quantitative estimate of drug-likeness (QED) is 0.593. The van der Waals surface area contributed by atoms with Crippen LogP contribution in [0.4, 0.5) is 5.82 Å². The molecular formula is C25H36ClN5O2. The molecule has 180 valence electrons. The van der Waals surface area contributed by atoms with Gasteiger partial charge in [-0.3, -0.25) is 9.69 Å². The van der Waals surface area contributed by atoms with Crippen LogP contribution in [0.25, 0.3) is 6.08 Å². The number of hydrogen-bond acceptors (Lipinski definition) is 6. The lowest BCUT2D eigenvalue weighted by atomic mass is 10.1. The fourth-order valence-electron chi connectivity index (χ4n) is 3.82. The average Bonchev–Trinajstić information content (AvgIpc) is 2.78. The zero-order chi connectivity index (χ0) is 23.1. The van der Waals surface area contributed by atoms with Crippen LogP contribution in [0.15, 0.2) is 36.5 Å². The Balaban J connectivity index is 0.00000385. The number of para-hydroxylation sites is 1. The van der Waals surface area contributed by atoms with Crippen molar-refractivity contribution in [2.45, 2.75) is 26.9 Å². The van der Waals surface area contributed by atoms with Gasteiger partial charge in [0.05, 0.1) is 6.61 Å². The Hall–Kier alpha value is -2.61. The van der Waals surface area contributed by atoms with Gasteiger partial charge in [0.25, 0.3) is 0 Å². The summed E-state index contributed by atoms with van der Waals surface area (Å²) < 4.78 is 5.79. The van der Waals surface area contributed by atoms with E-state index in [2.05, 4.69) is 21.8 Å². The number of amides is 1. The molecule has 0 spiro atoms. The van der Waals surface area contributed by atoms with E-state index in [1.54, 1.807) is 30.3 Å². The van der Waals surface area contributed by atoms with Crippen molar-refractivity contribution < 1.29 is 9.53 Å². The van der Waals surface area contributed by atoms with Crippen molar-refractivity contribution in [3.8, 4) is 5.75 Å². The predicted molar refractivity (Wildman–Crippen MR) is 137 cm³/mol. The Morgan fingerprint density at radius 2 is 1.97 bits per heavy atom. The van der Waals surface area contributed by atoms with E-state index in [4.69, 9.17) is 10.5 Å². The summed E-state index contributed by atoms with van der Waals surface area (Å²) in [5.41, 5.74) is 10.1. The Labute approximate surface area is 203 Å². The molecule has 0 radical (unpaired) electrons. The number of nitrogen functional groups attached to an aromatic ring is 1. The number of ether oxygens (including phenoxy) is 1. The van der Waals surface area contributed by atoms with Crippen LogP contribution in [0.1, 0.15) is 29.2 Å². The maximum absolute atomic E-state index is 12.7. The molecule has 33 heavy (non-hydrogen) atoms. The third kappa shape index (κ3) is 7.45. The number of anilines is 1. The molecule has 2 heterocycles. The lowest BCUT2D eigenvalue weighted by molar-refractivity contribution is -0.125. The summed E-state index contributed by atoms with van der Waals surface area (Å²) in [6.07, 6.45) is 5.10. The van der Waals surface area contributed by atoms with Crippen LogP contribution < -0.4 is 10.5 Å². The molecular weight excluding hydrogens is 438 g/mol. The van der Waals surface area contributed by atoms with E-state index in [0.717, 1.165) is 60.7 Å². The fraction of sp³-hybridized carbons (Fsp3) is 0.440. The minimum absolute atomic E-state index is 0. The van der Waals surface area contributed by atoms with E-state index in [9.17, 15) is 4.79 Å². The lowest BCUT2D eigenvalue weighted by Gasteiger charge is -2.32. The first-order valence-corrected chi connectivity index (χ1v) is 11.2. The van der Waals surface area contributed by atoms with Crippen LogP contribution in [0.2, 0.25) is 0 Å². The van der Waals surface area contributed by atoms with Crippen molar-refractivity contribution in [2.75, 3.05) is 52.6 Å². The molecule has 1 aliphatic heterocycles. The van der Waals surface area contributed by atoms with Gasteiger partial charge in [0.2, 0.25) is 5.91 Å². The minimum Gasteiger partial charge on any atom is -0.493 e. The van der Waals surface area contributed by atoms with Crippen LogP contribution in [-0.4, -0.2) is 72.5 Å².